The molecule has 0 saturated carbocycles. The summed E-state index contributed by atoms with van der Waals surface area (Å²) in [4.78, 5) is 10.2. The lowest BCUT2D eigenvalue weighted by atomic mass is 9.92. The van der Waals surface area contributed by atoms with Gasteiger partial charge in [-0.2, -0.15) is 0 Å². The Morgan fingerprint density at radius 2 is 0.807 bits per heavy atom. The van der Waals surface area contributed by atoms with Crippen LogP contribution in [0, 0.1) is 0 Å². The van der Waals surface area contributed by atoms with Crippen molar-refractivity contribution in [2.24, 2.45) is 0 Å². The molecule has 0 aliphatic carbocycles. The maximum atomic E-state index is 6.32. The molecule has 9 aromatic carbocycles. The highest BCUT2D eigenvalue weighted by molar-refractivity contribution is 6.14. The largest absolute Gasteiger partial charge is 0.455 e. The molecule has 11 aromatic rings. The minimum absolute atomic E-state index is 0.701. The van der Waals surface area contributed by atoms with Crippen molar-refractivity contribution in [2.75, 3.05) is 0 Å². The molecule has 0 amide bonds. The van der Waals surface area contributed by atoms with Gasteiger partial charge >= 0.3 is 0 Å². The lowest BCUT2D eigenvalue weighted by Crippen LogP contribution is -1.96. The Bertz CT molecular complexity index is 3250. The number of hydrogen-bond acceptors (Lipinski definition) is 3. The maximum absolute atomic E-state index is 6.32. The van der Waals surface area contributed by atoms with Crippen LogP contribution in [0.15, 0.2) is 211 Å². The van der Waals surface area contributed by atoms with Gasteiger partial charge in [-0.3, -0.25) is 0 Å². The van der Waals surface area contributed by atoms with Gasteiger partial charge in [0.1, 0.15) is 11.2 Å². The molecule has 0 aliphatic heterocycles. The van der Waals surface area contributed by atoms with Gasteiger partial charge in [-0.1, -0.05) is 188 Å². The van der Waals surface area contributed by atoms with Crippen LogP contribution in [-0.2, 0) is 0 Å². The number of rotatable bonds is 6. The second-order valence-electron chi connectivity index (χ2n) is 14.5. The van der Waals surface area contributed by atoms with E-state index < -0.39 is 0 Å². The quantitative estimate of drug-likeness (QED) is 0.160. The van der Waals surface area contributed by atoms with Crippen LogP contribution in [0.3, 0.4) is 0 Å². The normalized spacial score (nSPS) is 11.5. The lowest BCUT2D eigenvalue weighted by molar-refractivity contribution is 0.670. The summed E-state index contributed by atoms with van der Waals surface area (Å²) in [6.07, 6.45) is 0. The summed E-state index contributed by atoms with van der Waals surface area (Å²) in [5.41, 5.74) is 13.6. The van der Waals surface area contributed by atoms with Crippen LogP contribution in [0.5, 0.6) is 0 Å². The Morgan fingerprint density at radius 3 is 1.49 bits per heavy atom. The van der Waals surface area contributed by atoms with Crippen molar-refractivity contribution < 1.29 is 4.42 Å². The predicted molar refractivity (Wildman–Crippen MR) is 237 cm³/mol. The molecule has 0 atom stereocenters. The molecular weight excluding hydrogens is 693 g/mol. The first kappa shape index (κ1) is 32.8. The number of benzene rings is 9. The molecule has 2 heterocycles. The third-order valence-electron chi connectivity index (χ3n) is 11.1. The van der Waals surface area contributed by atoms with Crippen molar-refractivity contribution in [3.8, 4) is 67.3 Å². The average molecular weight is 727 g/mol. The molecule has 266 valence electrons. The maximum Gasteiger partial charge on any atom is 0.160 e. The summed E-state index contributed by atoms with van der Waals surface area (Å²) >= 11 is 0. The molecule has 0 spiro atoms. The van der Waals surface area contributed by atoms with Gasteiger partial charge in [0.05, 0.1) is 11.4 Å². The van der Waals surface area contributed by atoms with E-state index >= 15 is 0 Å². The summed E-state index contributed by atoms with van der Waals surface area (Å²) in [6.45, 7) is 0. The number of hydrogen-bond donors (Lipinski definition) is 0. The zero-order chi connectivity index (χ0) is 37.7. The number of fused-ring (bicyclic) bond motifs is 6. The Labute approximate surface area is 330 Å². The first-order chi connectivity index (χ1) is 28.2. The van der Waals surface area contributed by atoms with Gasteiger partial charge in [0.15, 0.2) is 5.82 Å². The van der Waals surface area contributed by atoms with Crippen molar-refractivity contribution in [3.05, 3.63) is 206 Å². The molecule has 0 aliphatic rings. The van der Waals surface area contributed by atoms with Gasteiger partial charge in [0, 0.05) is 33.0 Å². The fourth-order valence-electron chi connectivity index (χ4n) is 8.22. The Morgan fingerprint density at radius 1 is 0.298 bits per heavy atom. The molecule has 57 heavy (non-hydrogen) atoms. The van der Waals surface area contributed by atoms with Crippen molar-refractivity contribution in [1.29, 1.82) is 0 Å². The Balaban J connectivity index is 0.925. The molecule has 3 heteroatoms. The van der Waals surface area contributed by atoms with Gasteiger partial charge in [-0.25, -0.2) is 9.97 Å². The molecule has 0 N–H and O–H groups in total. The van der Waals surface area contributed by atoms with E-state index in [1.54, 1.807) is 0 Å². The minimum Gasteiger partial charge on any atom is -0.455 e. The number of furan rings is 1. The number of nitrogens with zero attached hydrogens (tertiary/aromatic N) is 2. The van der Waals surface area contributed by atoms with Gasteiger partial charge in [-0.05, 0) is 67.6 Å². The molecule has 3 nitrogen and oxygen atoms in total. The molecule has 11 rings (SSSR count). The highest BCUT2D eigenvalue weighted by atomic mass is 16.3. The van der Waals surface area contributed by atoms with E-state index in [1.807, 2.05) is 30.3 Å². The van der Waals surface area contributed by atoms with Gasteiger partial charge < -0.3 is 4.42 Å². The van der Waals surface area contributed by atoms with Crippen LogP contribution in [0.1, 0.15) is 0 Å². The molecule has 0 saturated heterocycles. The average Bonchev–Trinajstić information content (AvgIpc) is 3.68. The van der Waals surface area contributed by atoms with Gasteiger partial charge in [0.2, 0.25) is 0 Å². The third kappa shape index (κ3) is 5.85. The third-order valence-corrected chi connectivity index (χ3v) is 11.1. The van der Waals surface area contributed by atoms with Crippen LogP contribution in [0.2, 0.25) is 0 Å². The summed E-state index contributed by atoms with van der Waals surface area (Å²) in [7, 11) is 0. The highest BCUT2D eigenvalue weighted by Gasteiger charge is 2.15. The molecule has 0 fully saturated rings. The first-order valence-corrected chi connectivity index (χ1v) is 19.3. The topological polar surface area (TPSA) is 38.9 Å². The fourth-order valence-corrected chi connectivity index (χ4v) is 8.22. The first-order valence-electron chi connectivity index (χ1n) is 19.3. The lowest BCUT2D eigenvalue weighted by Gasteiger charge is -2.13. The summed E-state index contributed by atoms with van der Waals surface area (Å²) < 4.78 is 6.32. The van der Waals surface area contributed by atoms with E-state index in [4.69, 9.17) is 14.4 Å². The van der Waals surface area contributed by atoms with Crippen LogP contribution >= 0.6 is 0 Å². The van der Waals surface area contributed by atoms with E-state index in [0.29, 0.717) is 5.82 Å². The summed E-state index contributed by atoms with van der Waals surface area (Å²) in [5, 5.41) is 7.30. The molecular formula is C54H34N2O. The van der Waals surface area contributed by atoms with E-state index in [0.717, 1.165) is 72.3 Å². The predicted octanol–water partition coefficient (Wildman–Crippen LogP) is 14.7. The zero-order valence-corrected chi connectivity index (χ0v) is 30.9. The summed E-state index contributed by atoms with van der Waals surface area (Å²) in [6, 6.07) is 72.8. The fraction of sp³-hybridized carbons (Fsp3) is 0. The van der Waals surface area contributed by atoms with E-state index in [9.17, 15) is 0 Å². The van der Waals surface area contributed by atoms with E-state index in [2.05, 4.69) is 176 Å². The van der Waals surface area contributed by atoms with E-state index in [-0.39, 0.29) is 0 Å². The number of aromatic nitrogens is 2. The van der Waals surface area contributed by atoms with Crippen LogP contribution in [0.25, 0.3) is 111 Å². The van der Waals surface area contributed by atoms with Gasteiger partial charge in [0.25, 0.3) is 0 Å². The molecule has 0 bridgehead atoms. The zero-order valence-electron chi connectivity index (χ0n) is 30.9. The molecule has 0 radical (unpaired) electrons. The number of para-hydroxylation sites is 2. The Kier molecular flexibility index (Phi) is 7.82. The van der Waals surface area contributed by atoms with E-state index in [1.165, 1.54) is 32.7 Å². The SMILES string of the molecule is c1ccc(-c2nc(-c3ccc(-c4ccc(-c5cccc6c5oc5ccccc56)cc4)cc3)cc(-c3ccc(-c4cc5ccccc5c5ccccc45)cc3)n2)cc1. The molecule has 0 unspecified atom stereocenters. The monoisotopic (exact) mass is 726 g/mol. The second-order valence-corrected chi connectivity index (χ2v) is 14.5. The molecule has 2 aromatic heterocycles. The van der Waals surface area contributed by atoms with Crippen LogP contribution < -0.4 is 0 Å². The van der Waals surface area contributed by atoms with Gasteiger partial charge in [-0.15, -0.1) is 0 Å². The van der Waals surface area contributed by atoms with Crippen molar-refractivity contribution >= 4 is 43.5 Å². The summed E-state index contributed by atoms with van der Waals surface area (Å²) in [5.74, 6) is 0.701. The van der Waals surface area contributed by atoms with Crippen molar-refractivity contribution in [1.82, 2.24) is 9.97 Å². The van der Waals surface area contributed by atoms with Crippen molar-refractivity contribution in [2.45, 2.75) is 0 Å². The van der Waals surface area contributed by atoms with Crippen LogP contribution in [0.4, 0.5) is 0 Å². The second kappa shape index (κ2) is 13.6. The van der Waals surface area contributed by atoms with Crippen molar-refractivity contribution in [3.63, 3.8) is 0 Å². The standard InChI is InChI=1S/C54H34N2O/c1-2-11-41(12-3-1)54-55-50(34-51(56-54)40-31-27-38(28-32-40)49-33-42-13-4-5-14-43(42)45-15-6-7-16-46(45)49)39-29-23-36(24-30-39)35-21-25-37(26-22-35)44-18-10-19-48-47-17-8-9-20-52(47)57-53(44)48/h1-34H. The highest BCUT2D eigenvalue weighted by Crippen LogP contribution is 2.38. The van der Waals surface area contributed by atoms with Crippen LogP contribution in [-0.4, -0.2) is 9.97 Å². The Hall–Kier alpha value is -7.62. The minimum atomic E-state index is 0.701. The smallest absolute Gasteiger partial charge is 0.160 e.